The molecule has 0 aliphatic rings. The molecular formula is C13H9NOS. The van der Waals surface area contributed by atoms with Gasteiger partial charge in [-0.1, -0.05) is 30.3 Å². The van der Waals surface area contributed by atoms with Gasteiger partial charge in [-0.05, 0) is 16.8 Å². The molecule has 78 valence electrons. The Bertz CT molecular complexity index is 631. The fourth-order valence-electron chi connectivity index (χ4n) is 1.87. The lowest BCUT2D eigenvalue weighted by atomic mass is 10.0. The number of aromatic hydroxyl groups is 1. The first-order valence-corrected chi connectivity index (χ1v) is 5.90. The van der Waals surface area contributed by atoms with E-state index in [-0.39, 0.29) is 5.75 Å². The van der Waals surface area contributed by atoms with Gasteiger partial charge in [0.2, 0.25) is 0 Å². The molecule has 0 fully saturated rings. The van der Waals surface area contributed by atoms with E-state index in [0.717, 1.165) is 22.0 Å². The highest BCUT2D eigenvalue weighted by Gasteiger charge is 2.10. The summed E-state index contributed by atoms with van der Waals surface area (Å²) < 4.78 is 0. The molecule has 0 unspecified atom stereocenters. The Balaban J connectivity index is 2.42. The second-order valence-electron chi connectivity index (χ2n) is 3.55. The van der Waals surface area contributed by atoms with Crippen LogP contribution in [0.1, 0.15) is 0 Å². The maximum absolute atomic E-state index is 9.94. The highest BCUT2D eigenvalue weighted by atomic mass is 32.1. The Kier molecular flexibility index (Phi) is 2.11. The minimum atomic E-state index is 0.282. The number of hydrogen-bond acceptors (Lipinski definition) is 3. The van der Waals surface area contributed by atoms with E-state index in [1.165, 1.54) is 11.3 Å². The van der Waals surface area contributed by atoms with Gasteiger partial charge in [-0.2, -0.15) is 0 Å². The van der Waals surface area contributed by atoms with Gasteiger partial charge in [0.25, 0.3) is 0 Å². The Morgan fingerprint density at radius 1 is 1.06 bits per heavy atom. The zero-order valence-corrected chi connectivity index (χ0v) is 9.24. The minimum Gasteiger partial charge on any atom is -0.507 e. The van der Waals surface area contributed by atoms with E-state index in [2.05, 4.69) is 4.98 Å². The molecule has 1 N–H and O–H groups in total. The molecule has 0 bridgehead atoms. The number of rotatable bonds is 1. The fourth-order valence-corrected chi connectivity index (χ4v) is 2.41. The van der Waals surface area contributed by atoms with E-state index in [1.807, 2.05) is 35.7 Å². The van der Waals surface area contributed by atoms with Gasteiger partial charge < -0.3 is 5.11 Å². The molecule has 2 aromatic carbocycles. The zero-order valence-electron chi connectivity index (χ0n) is 8.42. The molecule has 0 atom stereocenters. The van der Waals surface area contributed by atoms with Gasteiger partial charge in [-0.15, -0.1) is 11.3 Å². The summed E-state index contributed by atoms with van der Waals surface area (Å²) in [6, 6.07) is 11.6. The zero-order chi connectivity index (χ0) is 11.0. The van der Waals surface area contributed by atoms with E-state index in [0.29, 0.717) is 0 Å². The van der Waals surface area contributed by atoms with E-state index in [4.69, 9.17) is 0 Å². The number of aromatic nitrogens is 1. The molecule has 0 spiro atoms. The first-order valence-electron chi connectivity index (χ1n) is 4.95. The molecule has 0 amide bonds. The van der Waals surface area contributed by atoms with E-state index < -0.39 is 0 Å². The molecule has 3 heteroatoms. The smallest absolute Gasteiger partial charge is 0.125 e. The number of fused-ring (bicyclic) bond motifs is 1. The fraction of sp³-hybridized carbons (Fsp3) is 0. The summed E-state index contributed by atoms with van der Waals surface area (Å²) in [5.41, 5.74) is 3.43. The molecule has 0 saturated heterocycles. The van der Waals surface area contributed by atoms with Crippen molar-refractivity contribution in [2.75, 3.05) is 0 Å². The molecule has 0 radical (unpaired) electrons. The van der Waals surface area contributed by atoms with Crippen LogP contribution in [0, 0.1) is 0 Å². The van der Waals surface area contributed by atoms with Crippen molar-refractivity contribution in [3.63, 3.8) is 0 Å². The summed E-state index contributed by atoms with van der Waals surface area (Å²) >= 11 is 1.53. The standard InChI is InChI=1S/C13H9NOS/c15-12-6-5-9-3-1-2-4-10(9)13(12)11-7-16-8-14-11/h1-8,15H. The molecule has 1 aromatic heterocycles. The third-order valence-electron chi connectivity index (χ3n) is 2.60. The Labute approximate surface area is 96.8 Å². The van der Waals surface area contributed by atoms with Crippen molar-refractivity contribution in [1.82, 2.24) is 4.98 Å². The summed E-state index contributed by atoms with van der Waals surface area (Å²) in [4.78, 5) is 4.26. The normalized spacial score (nSPS) is 10.8. The summed E-state index contributed by atoms with van der Waals surface area (Å²) in [7, 11) is 0. The number of phenols is 1. The summed E-state index contributed by atoms with van der Waals surface area (Å²) in [5, 5.41) is 14.0. The van der Waals surface area contributed by atoms with Crippen molar-refractivity contribution >= 4 is 22.1 Å². The molecule has 2 nitrogen and oxygen atoms in total. The summed E-state index contributed by atoms with van der Waals surface area (Å²) in [6.45, 7) is 0. The molecule has 0 aliphatic heterocycles. The number of thiazole rings is 1. The highest BCUT2D eigenvalue weighted by Crippen LogP contribution is 2.35. The largest absolute Gasteiger partial charge is 0.507 e. The van der Waals surface area contributed by atoms with Crippen LogP contribution in [0.4, 0.5) is 0 Å². The van der Waals surface area contributed by atoms with Crippen molar-refractivity contribution in [2.24, 2.45) is 0 Å². The predicted octanol–water partition coefficient (Wildman–Crippen LogP) is 3.67. The van der Waals surface area contributed by atoms with Crippen LogP contribution < -0.4 is 0 Å². The Morgan fingerprint density at radius 3 is 2.75 bits per heavy atom. The van der Waals surface area contributed by atoms with Gasteiger partial charge in [0, 0.05) is 5.38 Å². The lowest BCUT2D eigenvalue weighted by Crippen LogP contribution is -1.82. The number of nitrogens with zero attached hydrogens (tertiary/aromatic N) is 1. The number of hydrogen-bond donors (Lipinski definition) is 1. The van der Waals surface area contributed by atoms with Crippen molar-refractivity contribution in [1.29, 1.82) is 0 Å². The van der Waals surface area contributed by atoms with Crippen LogP contribution in [0.15, 0.2) is 47.3 Å². The quantitative estimate of drug-likeness (QED) is 0.688. The van der Waals surface area contributed by atoms with Crippen molar-refractivity contribution in [3.05, 3.63) is 47.3 Å². The molecule has 0 saturated carbocycles. The molecule has 0 aliphatic carbocycles. The van der Waals surface area contributed by atoms with Crippen molar-refractivity contribution in [2.45, 2.75) is 0 Å². The van der Waals surface area contributed by atoms with Crippen molar-refractivity contribution in [3.8, 4) is 17.0 Å². The van der Waals surface area contributed by atoms with Gasteiger partial charge in [-0.25, -0.2) is 4.98 Å². The maximum atomic E-state index is 9.94. The average molecular weight is 227 g/mol. The first-order chi connectivity index (χ1) is 7.86. The third kappa shape index (κ3) is 1.37. The second kappa shape index (κ2) is 3.61. The average Bonchev–Trinajstić information content (AvgIpc) is 2.82. The predicted molar refractivity (Wildman–Crippen MR) is 66.7 cm³/mol. The monoisotopic (exact) mass is 227 g/mol. The van der Waals surface area contributed by atoms with Gasteiger partial charge in [0.15, 0.2) is 0 Å². The SMILES string of the molecule is Oc1ccc2ccccc2c1-c1cscn1. The molecular weight excluding hydrogens is 218 g/mol. The third-order valence-corrected chi connectivity index (χ3v) is 3.18. The molecule has 16 heavy (non-hydrogen) atoms. The molecule has 3 rings (SSSR count). The van der Waals surface area contributed by atoms with Gasteiger partial charge in [0.1, 0.15) is 5.75 Å². The Hall–Kier alpha value is -1.87. The Morgan fingerprint density at radius 2 is 1.94 bits per heavy atom. The highest BCUT2D eigenvalue weighted by molar-refractivity contribution is 7.07. The van der Waals surface area contributed by atoms with E-state index in [1.54, 1.807) is 11.6 Å². The van der Waals surface area contributed by atoms with Gasteiger partial charge in [0.05, 0.1) is 16.8 Å². The van der Waals surface area contributed by atoms with Crippen LogP contribution in [0.5, 0.6) is 5.75 Å². The number of phenolic OH excluding ortho intramolecular Hbond substituents is 1. The van der Waals surface area contributed by atoms with Gasteiger partial charge in [-0.3, -0.25) is 0 Å². The van der Waals surface area contributed by atoms with Crippen LogP contribution in [0.2, 0.25) is 0 Å². The van der Waals surface area contributed by atoms with E-state index >= 15 is 0 Å². The lowest BCUT2D eigenvalue weighted by molar-refractivity contribution is 0.478. The minimum absolute atomic E-state index is 0.282. The number of benzene rings is 2. The van der Waals surface area contributed by atoms with Crippen LogP contribution in [0.25, 0.3) is 22.0 Å². The lowest BCUT2D eigenvalue weighted by Gasteiger charge is -2.06. The van der Waals surface area contributed by atoms with Crippen LogP contribution >= 0.6 is 11.3 Å². The maximum Gasteiger partial charge on any atom is 0.125 e. The summed E-state index contributed by atoms with van der Waals surface area (Å²) in [5.74, 6) is 0.282. The molecule has 1 heterocycles. The van der Waals surface area contributed by atoms with Crippen LogP contribution in [0.3, 0.4) is 0 Å². The molecule has 3 aromatic rings. The van der Waals surface area contributed by atoms with Crippen molar-refractivity contribution < 1.29 is 5.11 Å². The summed E-state index contributed by atoms with van der Waals surface area (Å²) in [6.07, 6.45) is 0. The van der Waals surface area contributed by atoms with Gasteiger partial charge >= 0.3 is 0 Å². The van der Waals surface area contributed by atoms with E-state index in [9.17, 15) is 5.11 Å². The van der Waals surface area contributed by atoms with Crippen LogP contribution in [-0.2, 0) is 0 Å². The second-order valence-corrected chi connectivity index (χ2v) is 4.27. The topological polar surface area (TPSA) is 33.1 Å². The van der Waals surface area contributed by atoms with Crippen LogP contribution in [-0.4, -0.2) is 10.1 Å². The first kappa shape index (κ1) is 9.36.